The molecular weight excluding hydrogens is 506 g/mol. The number of hydrogen-bond acceptors (Lipinski definition) is 7. The molecule has 0 saturated heterocycles. The van der Waals surface area contributed by atoms with Crippen molar-refractivity contribution in [2.75, 3.05) is 0 Å². The van der Waals surface area contributed by atoms with Crippen LogP contribution in [0.2, 0.25) is 0 Å². The van der Waals surface area contributed by atoms with Crippen molar-refractivity contribution < 1.29 is 4.79 Å². The Bertz CT molecular complexity index is 2030. The molecule has 2 aromatic carbocycles. The summed E-state index contributed by atoms with van der Waals surface area (Å²) in [4.78, 5) is 36.7. The van der Waals surface area contributed by atoms with Gasteiger partial charge in [0, 0.05) is 25.0 Å². The van der Waals surface area contributed by atoms with Crippen LogP contribution in [-0.2, 0) is 7.05 Å². The molecule has 1 N–H and O–H groups in total. The number of para-hydroxylation sites is 1. The van der Waals surface area contributed by atoms with Crippen LogP contribution < -0.4 is 10.9 Å². The molecule has 6 aromatic rings. The van der Waals surface area contributed by atoms with Crippen molar-refractivity contribution in [2.24, 2.45) is 7.05 Å². The fourth-order valence-corrected chi connectivity index (χ4v) is 4.58. The first-order valence-electron chi connectivity index (χ1n) is 12.5. The minimum Gasteiger partial charge on any atom is -0.342 e. The zero-order valence-electron chi connectivity index (χ0n) is 21.9. The highest BCUT2D eigenvalue weighted by atomic mass is 16.2. The molecule has 4 aromatic heterocycles. The number of aryl methyl sites for hydroxylation is 2. The molecule has 0 bridgehead atoms. The Morgan fingerprint density at radius 1 is 1.00 bits per heavy atom. The monoisotopic (exact) mass is 529 g/mol. The van der Waals surface area contributed by atoms with E-state index in [0.29, 0.717) is 50.6 Å². The molecule has 11 heteroatoms. The maximum atomic E-state index is 14.1. The first-order chi connectivity index (χ1) is 19.4. The number of rotatable bonds is 4. The first-order valence-corrected chi connectivity index (χ1v) is 12.5. The Balaban J connectivity index is 1.48. The molecule has 4 heterocycles. The molecule has 0 aliphatic rings. The number of nitrogens with one attached hydrogen (secondary N) is 1. The van der Waals surface area contributed by atoms with Crippen LogP contribution in [0.3, 0.4) is 0 Å². The van der Waals surface area contributed by atoms with Crippen molar-refractivity contribution in [3.63, 3.8) is 0 Å². The highest BCUT2D eigenvalue weighted by molar-refractivity contribution is 6.01. The summed E-state index contributed by atoms with van der Waals surface area (Å²) in [6.45, 7) is 3.50. The Hall–Kier alpha value is -5.63. The van der Waals surface area contributed by atoms with E-state index < -0.39 is 11.9 Å². The van der Waals surface area contributed by atoms with E-state index in [4.69, 9.17) is 4.98 Å². The molecule has 1 amide bonds. The molecule has 0 aliphatic carbocycles. The van der Waals surface area contributed by atoms with Crippen LogP contribution in [0.4, 0.5) is 0 Å². The van der Waals surface area contributed by atoms with Gasteiger partial charge in [-0.15, -0.1) is 4.63 Å². The summed E-state index contributed by atoms with van der Waals surface area (Å²) in [6, 6.07) is 15.7. The van der Waals surface area contributed by atoms with Crippen molar-refractivity contribution in [3.8, 4) is 17.5 Å². The van der Waals surface area contributed by atoms with E-state index in [0.717, 1.165) is 0 Å². The Labute approximate surface area is 228 Å². The van der Waals surface area contributed by atoms with Gasteiger partial charge in [-0.1, -0.05) is 30.2 Å². The third-order valence-electron chi connectivity index (χ3n) is 6.40. The number of nitrogens with zero attached hydrogens (tertiary/aromatic N) is 8. The molecule has 0 unspecified atom stereocenters. The third kappa shape index (κ3) is 4.37. The summed E-state index contributed by atoms with van der Waals surface area (Å²) in [5, 5.41) is 16.0. The van der Waals surface area contributed by atoms with Crippen molar-refractivity contribution in [3.05, 3.63) is 112 Å². The Morgan fingerprint density at radius 2 is 1.82 bits per heavy atom. The lowest BCUT2D eigenvalue weighted by Gasteiger charge is -2.20. The maximum Gasteiger partial charge on any atom is 0.267 e. The van der Waals surface area contributed by atoms with Gasteiger partial charge in [-0.2, -0.15) is 15.3 Å². The molecule has 0 aliphatic heterocycles. The van der Waals surface area contributed by atoms with E-state index in [2.05, 4.69) is 37.4 Å². The molecular formula is C29H23N9O2. The van der Waals surface area contributed by atoms with Gasteiger partial charge in [0.25, 0.3) is 11.5 Å². The van der Waals surface area contributed by atoms with Crippen LogP contribution in [0.1, 0.15) is 46.1 Å². The predicted molar refractivity (Wildman–Crippen MR) is 148 cm³/mol. The van der Waals surface area contributed by atoms with Gasteiger partial charge in [0.15, 0.2) is 5.65 Å². The van der Waals surface area contributed by atoms with E-state index in [1.165, 1.54) is 21.6 Å². The Kier molecular flexibility index (Phi) is 6.12. The van der Waals surface area contributed by atoms with E-state index in [-0.39, 0.29) is 5.56 Å². The first kappa shape index (κ1) is 24.7. The van der Waals surface area contributed by atoms with Gasteiger partial charge in [-0.25, -0.2) is 9.97 Å². The maximum absolute atomic E-state index is 14.1. The van der Waals surface area contributed by atoms with E-state index in [1.807, 2.05) is 37.4 Å². The summed E-state index contributed by atoms with van der Waals surface area (Å²) in [7, 11) is 1.82. The topological polar surface area (TPSA) is 125 Å². The highest BCUT2D eigenvalue weighted by Gasteiger charge is 2.24. The van der Waals surface area contributed by atoms with Crippen LogP contribution >= 0.6 is 0 Å². The van der Waals surface area contributed by atoms with Gasteiger partial charge in [0.2, 0.25) is 0 Å². The molecule has 196 valence electrons. The summed E-state index contributed by atoms with van der Waals surface area (Å²) in [5.74, 6) is 6.08. The second-order valence-electron chi connectivity index (χ2n) is 9.18. The lowest BCUT2D eigenvalue weighted by molar-refractivity contribution is 0.0938. The number of hydrogen-bond donors (Lipinski definition) is 1. The quantitative estimate of drug-likeness (QED) is 0.348. The van der Waals surface area contributed by atoms with Crippen molar-refractivity contribution >= 4 is 22.5 Å². The van der Waals surface area contributed by atoms with Gasteiger partial charge in [-0.05, 0) is 50.1 Å². The minimum absolute atomic E-state index is 0.295. The Morgan fingerprint density at radius 3 is 2.60 bits per heavy atom. The van der Waals surface area contributed by atoms with Crippen LogP contribution in [0.5, 0.6) is 0 Å². The summed E-state index contributed by atoms with van der Waals surface area (Å²) in [6.07, 6.45) is 4.80. The van der Waals surface area contributed by atoms with Crippen molar-refractivity contribution in [2.45, 2.75) is 19.9 Å². The smallest absolute Gasteiger partial charge is 0.267 e. The van der Waals surface area contributed by atoms with Gasteiger partial charge in [-0.3, -0.25) is 18.8 Å². The zero-order chi connectivity index (χ0) is 27.8. The van der Waals surface area contributed by atoms with E-state index in [9.17, 15) is 9.59 Å². The largest absolute Gasteiger partial charge is 0.342 e. The van der Waals surface area contributed by atoms with Crippen molar-refractivity contribution in [1.29, 1.82) is 0 Å². The fourth-order valence-electron chi connectivity index (χ4n) is 4.58. The van der Waals surface area contributed by atoms with E-state index >= 15 is 0 Å². The minimum atomic E-state index is -0.654. The average Bonchev–Trinajstić information content (AvgIpc) is 3.53. The lowest BCUT2D eigenvalue weighted by atomic mass is 10.1. The average molecular weight is 530 g/mol. The summed E-state index contributed by atoms with van der Waals surface area (Å²) < 4.78 is 4.50. The molecule has 0 spiro atoms. The number of fused-ring (bicyclic) bond motifs is 2. The molecule has 0 radical (unpaired) electrons. The standard InChI is InChI=1S/C29H23N9O2/c1-18-24(27-30-15-16-31-38(27)34-18)28(39)32-19(2)26-33-23-11-7-8-20(12-13-21-14-17-36(3)35-21)25(23)29(40)37(26)22-9-5-4-6-10-22/h4-11,14-17,19H,1-3H3,(H,32,39)/t19-/m0/s1. The second kappa shape index (κ2) is 9.92. The predicted octanol–water partition coefficient (Wildman–Crippen LogP) is 2.76. The SMILES string of the molecule is Cc1nn2nccnc2c1C(=O)N[C@@H](C)c1nc2cccc(C#Cc3ccn(C)n3)c2c(=O)n1-c1ccccc1. The van der Waals surface area contributed by atoms with Gasteiger partial charge >= 0.3 is 0 Å². The number of amides is 1. The lowest BCUT2D eigenvalue weighted by Crippen LogP contribution is -2.33. The molecule has 0 fully saturated rings. The summed E-state index contributed by atoms with van der Waals surface area (Å²) >= 11 is 0. The van der Waals surface area contributed by atoms with Crippen LogP contribution in [0.15, 0.2) is 78.0 Å². The molecule has 6 rings (SSSR count). The molecule has 1 atom stereocenters. The third-order valence-corrected chi connectivity index (χ3v) is 6.40. The van der Waals surface area contributed by atoms with Crippen molar-refractivity contribution in [1.82, 2.24) is 44.5 Å². The van der Waals surface area contributed by atoms with Gasteiger partial charge < -0.3 is 5.32 Å². The van der Waals surface area contributed by atoms with Crippen LogP contribution in [0, 0.1) is 18.8 Å². The normalized spacial score (nSPS) is 11.8. The number of carbonyl (C=O) groups excluding carboxylic acids is 1. The van der Waals surface area contributed by atoms with Gasteiger partial charge in [0.1, 0.15) is 17.1 Å². The second-order valence-corrected chi connectivity index (χ2v) is 9.18. The molecule has 0 saturated carbocycles. The molecule has 40 heavy (non-hydrogen) atoms. The van der Waals surface area contributed by atoms with Gasteiger partial charge in [0.05, 0.1) is 34.5 Å². The zero-order valence-corrected chi connectivity index (χ0v) is 21.9. The number of carbonyl (C=O) groups is 1. The van der Waals surface area contributed by atoms with Crippen LogP contribution in [-0.4, -0.2) is 45.1 Å². The number of aromatic nitrogens is 8. The number of benzene rings is 2. The highest BCUT2D eigenvalue weighted by Crippen LogP contribution is 2.21. The van der Waals surface area contributed by atoms with Crippen LogP contribution in [0.25, 0.3) is 22.2 Å². The summed E-state index contributed by atoms with van der Waals surface area (Å²) in [5.41, 5.74) is 3.05. The fraction of sp³-hybridized carbons (Fsp3) is 0.138. The molecule has 11 nitrogen and oxygen atoms in total. The van der Waals surface area contributed by atoms with E-state index in [1.54, 1.807) is 49.0 Å².